The summed E-state index contributed by atoms with van der Waals surface area (Å²) < 4.78 is 5.73. The van der Waals surface area contributed by atoms with E-state index in [1.165, 1.54) is 6.92 Å². The van der Waals surface area contributed by atoms with Crippen molar-refractivity contribution in [3.63, 3.8) is 0 Å². The molecule has 3 N–H and O–H groups in total. The second-order valence-electron chi connectivity index (χ2n) is 5.37. The number of carbonyl (C=O) groups is 1. The van der Waals surface area contributed by atoms with Crippen molar-refractivity contribution in [2.24, 2.45) is 5.73 Å². The van der Waals surface area contributed by atoms with Crippen LogP contribution in [0.15, 0.2) is 24.3 Å². The number of rotatable bonds is 7. The average Bonchev–Trinajstić information content (AvgIpc) is 2.34. The Morgan fingerprint density at radius 1 is 1.42 bits per heavy atom. The summed E-state index contributed by atoms with van der Waals surface area (Å²) in [6.07, 6.45) is 1.01. The Labute approximate surface area is 114 Å². The topological polar surface area (TPSA) is 72.5 Å². The van der Waals surface area contributed by atoms with E-state index in [0.717, 1.165) is 11.3 Å². The van der Waals surface area contributed by atoms with Gasteiger partial charge < -0.3 is 15.6 Å². The fourth-order valence-electron chi connectivity index (χ4n) is 1.82. The molecule has 0 saturated carbocycles. The van der Waals surface area contributed by atoms with Crippen molar-refractivity contribution in [1.29, 1.82) is 0 Å². The first-order valence-corrected chi connectivity index (χ1v) is 6.58. The molecule has 19 heavy (non-hydrogen) atoms. The van der Waals surface area contributed by atoms with Crippen LogP contribution in [0.1, 0.15) is 45.1 Å². The molecule has 0 fully saturated rings. The second-order valence-corrected chi connectivity index (χ2v) is 5.37. The van der Waals surface area contributed by atoms with Crippen LogP contribution in [0.25, 0.3) is 0 Å². The van der Waals surface area contributed by atoms with Crippen molar-refractivity contribution in [3.05, 3.63) is 29.8 Å². The van der Waals surface area contributed by atoms with Gasteiger partial charge in [-0.2, -0.15) is 0 Å². The highest BCUT2D eigenvalue weighted by Gasteiger charge is 2.26. The Balaban J connectivity index is 2.48. The predicted octanol–water partition coefficient (Wildman–Crippen LogP) is 2.77. The summed E-state index contributed by atoms with van der Waals surface area (Å²) in [7, 11) is 0. The standard InChI is InChI=1S/C15H23NO3/c1-11(2)12-7-4-5-8-13(12)19-10-6-9-15(3,16)14(17)18/h4-5,7-8,11H,6,9-10,16H2,1-3H3,(H,17,18). The van der Waals surface area contributed by atoms with Gasteiger partial charge in [0.2, 0.25) is 0 Å². The molecule has 0 radical (unpaired) electrons. The molecule has 1 aromatic rings. The number of carboxylic acids is 1. The number of hydrogen-bond acceptors (Lipinski definition) is 3. The maximum absolute atomic E-state index is 10.9. The minimum Gasteiger partial charge on any atom is -0.493 e. The van der Waals surface area contributed by atoms with Crippen LogP contribution in [0.3, 0.4) is 0 Å². The molecule has 0 aliphatic carbocycles. The fraction of sp³-hybridized carbons (Fsp3) is 0.533. The Hall–Kier alpha value is -1.55. The number of benzene rings is 1. The van der Waals surface area contributed by atoms with Gasteiger partial charge in [0.25, 0.3) is 0 Å². The van der Waals surface area contributed by atoms with Crippen molar-refractivity contribution in [2.45, 2.75) is 45.1 Å². The first-order chi connectivity index (χ1) is 8.84. The number of hydrogen-bond donors (Lipinski definition) is 2. The van der Waals surface area contributed by atoms with Crippen molar-refractivity contribution in [3.8, 4) is 5.75 Å². The summed E-state index contributed by atoms with van der Waals surface area (Å²) in [5.41, 5.74) is 5.65. The van der Waals surface area contributed by atoms with Gasteiger partial charge in [-0.25, -0.2) is 0 Å². The van der Waals surface area contributed by atoms with Crippen LogP contribution >= 0.6 is 0 Å². The Morgan fingerprint density at radius 3 is 2.63 bits per heavy atom. The van der Waals surface area contributed by atoms with Crippen LogP contribution in [0, 0.1) is 0 Å². The molecule has 0 aliphatic heterocycles. The van der Waals surface area contributed by atoms with Gasteiger partial charge >= 0.3 is 5.97 Å². The lowest BCUT2D eigenvalue weighted by atomic mass is 9.98. The molecule has 0 spiro atoms. The molecule has 0 aromatic heterocycles. The minimum atomic E-state index is -1.18. The highest BCUT2D eigenvalue weighted by Crippen LogP contribution is 2.26. The van der Waals surface area contributed by atoms with Crippen molar-refractivity contribution < 1.29 is 14.6 Å². The summed E-state index contributed by atoms with van der Waals surface area (Å²) in [5.74, 6) is 0.289. The molecular formula is C15H23NO3. The van der Waals surface area contributed by atoms with Crippen molar-refractivity contribution in [1.82, 2.24) is 0 Å². The Morgan fingerprint density at radius 2 is 2.05 bits per heavy atom. The second kappa shape index (κ2) is 6.57. The Kier molecular flexibility index (Phi) is 5.36. The summed E-state index contributed by atoms with van der Waals surface area (Å²) in [4.78, 5) is 10.9. The van der Waals surface area contributed by atoms with E-state index in [2.05, 4.69) is 13.8 Å². The zero-order valence-electron chi connectivity index (χ0n) is 11.8. The third-order valence-electron chi connectivity index (χ3n) is 3.13. The largest absolute Gasteiger partial charge is 0.493 e. The van der Waals surface area contributed by atoms with Gasteiger partial charge in [-0.1, -0.05) is 32.0 Å². The molecule has 1 atom stereocenters. The van der Waals surface area contributed by atoms with Crippen molar-refractivity contribution in [2.75, 3.05) is 6.61 Å². The highest BCUT2D eigenvalue weighted by atomic mass is 16.5. The number of carboxylic acid groups (broad SMARTS) is 1. The molecule has 4 nitrogen and oxygen atoms in total. The third-order valence-corrected chi connectivity index (χ3v) is 3.13. The van der Waals surface area contributed by atoms with Crippen LogP contribution in [0.5, 0.6) is 5.75 Å². The molecule has 0 heterocycles. The van der Waals surface area contributed by atoms with Gasteiger partial charge in [0, 0.05) is 0 Å². The van der Waals surface area contributed by atoms with Gasteiger partial charge in [0.1, 0.15) is 11.3 Å². The zero-order chi connectivity index (χ0) is 14.5. The quantitative estimate of drug-likeness (QED) is 0.743. The van der Waals surface area contributed by atoms with E-state index in [0.29, 0.717) is 25.4 Å². The first-order valence-electron chi connectivity index (χ1n) is 6.58. The average molecular weight is 265 g/mol. The summed E-state index contributed by atoms with van der Waals surface area (Å²) in [6, 6.07) is 7.91. The first kappa shape index (κ1) is 15.5. The van der Waals surface area contributed by atoms with Gasteiger partial charge in [-0.3, -0.25) is 4.79 Å². The molecule has 0 bridgehead atoms. The van der Waals surface area contributed by atoms with E-state index in [-0.39, 0.29) is 0 Å². The normalized spacial score (nSPS) is 14.2. The van der Waals surface area contributed by atoms with E-state index in [9.17, 15) is 4.79 Å². The van der Waals surface area contributed by atoms with Crippen LogP contribution < -0.4 is 10.5 Å². The maximum Gasteiger partial charge on any atom is 0.323 e. The lowest BCUT2D eigenvalue weighted by Crippen LogP contribution is -2.44. The molecule has 1 unspecified atom stereocenters. The summed E-state index contributed by atoms with van der Waals surface area (Å²) in [5, 5.41) is 8.91. The maximum atomic E-state index is 10.9. The number of aliphatic carboxylic acids is 1. The van der Waals surface area contributed by atoms with Crippen LogP contribution in [0.2, 0.25) is 0 Å². The van der Waals surface area contributed by atoms with Crippen LogP contribution in [-0.4, -0.2) is 23.2 Å². The Bertz CT molecular complexity index is 427. The van der Waals surface area contributed by atoms with Gasteiger partial charge in [-0.15, -0.1) is 0 Å². The fourth-order valence-corrected chi connectivity index (χ4v) is 1.82. The third kappa shape index (κ3) is 4.56. The minimum absolute atomic E-state index is 0.395. The lowest BCUT2D eigenvalue weighted by molar-refractivity contribution is -0.142. The number of para-hydroxylation sites is 1. The summed E-state index contributed by atoms with van der Waals surface area (Å²) in [6.45, 7) is 6.23. The molecule has 106 valence electrons. The monoisotopic (exact) mass is 265 g/mol. The van der Waals surface area contributed by atoms with E-state index in [4.69, 9.17) is 15.6 Å². The number of ether oxygens (including phenoxy) is 1. The van der Waals surface area contributed by atoms with Gasteiger partial charge in [0.15, 0.2) is 0 Å². The smallest absolute Gasteiger partial charge is 0.323 e. The van der Waals surface area contributed by atoms with Gasteiger partial charge in [-0.05, 0) is 37.3 Å². The molecule has 1 aromatic carbocycles. The van der Waals surface area contributed by atoms with Gasteiger partial charge in [0.05, 0.1) is 6.61 Å². The molecule has 4 heteroatoms. The van der Waals surface area contributed by atoms with Crippen LogP contribution in [0.4, 0.5) is 0 Å². The van der Waals surface area contributed by atoms with E-state index >= 15 is 0 Å². The molecule has 1 rings (SSSR count). The molecule has 0 saturated heterocycles. The van der Waals surface area contributed by atoms with Crippen molar-refractivity contribution >= 4 is 5.97 Å². The number of nitrogens with two attached hydrogens (primary N) is 1. The predicted molar refractivity (Wildman–Crippen MR) is 75.5 cm³/mol. The summed E-state index contributed by atoms with van der Waals surface area (Å²) >= 11 is 0. The van der Waals surface area contributed by atoms with E-state index in [1.807, 2.05) is 24.3 Å². The lowest BCUT2D eigenvalue weighted by Gasteiger charge is -2.19. The highest BCUT2D eigenvalue weighted by molar-refractivity contribution is 5.77. The zero-order valence-corrected chi connectivity index (χ0v) is 11.8. The molecular weight excluding hydrogens is 242 g/mol. The molecule has 0 aliphatic rings. The SMILES string of the molecule is CC(C)c1ccccc1OCCCC(C)(N)C(=O)O. The van der Waals surface area contributed by atoms with E-state index < -0.39 is 11.5 Å². The molecule has 0 amide bonds. The van der Waals surface area contributed by atoms with E-state index in [1.54, 1.807) is 0 Å². The van der Waals surface area contributed by atoms with Crippen LogP contribution in [-0.2, 0) is 4.79 Å².